The molecule has 1 heterocycles. The van der Waals surface area contributed by atoms with Gasteiger partial charge in [0.2, 0.25) is 5.88 Å². The van der Waals surface area contributed by atoms with Gasteiger partial charge in [-0.1, -0.05) is 18.2 Å². The predicted octanol–water partition coefficient (Wildman–Crippen LogP) is 0.616. The Morgan fingerprint density at radius 3 is 2.59 bits per heavy atom. The van der Waals surface area contributed by atoms with Crippen molar-refractivity contribution in [1.29, 1.82) is 0 Å². The fourth-order valence-electron chi connectivity index (χ4n) is 3.03. The molecule has 0 aliphatic heterocycles. The molecule has 0 saturated heterocycles. The van der Waals surface area contributed by atoms with Crippen LogP contribution in [0.15, 0.2) is 57.0 Å². The highest BCUT2D eigenvalue weighted by molar-refractivity contribution is 5.88. The zero-order valence-electron chi connectivity index (χ0n) is 17.3. The SMILES string of the molecule is COc1ccc(CCn2c(O)c(C=Nc3cccc(C(=O)[O-])c3)c(=O)[nH]c2=O)cc1OC. The number of rotatable bonds is 8. The molecular formula is C22H20N3O7-. The van der Waals surface area contributed by atoms with E-state index in [0.29, 0.717) is 17.9 Å². The van der Waals surface area contributed by atoms with E-state index in [1.807, 2.05) is 0 Å². The molecule has 166 valence electrons. The van der Waals surface area contributed by atoms with Gasteiger partial charge in [0.1, 0.15) is 5.56 Å². The minimum absolute atomic E-state index is 0.0674. The Hall–Kier alpha value is -4.34. The maximum atomic E-state index is 12.2. The van der Waals surface area contributed by atoms with Crippen LogP contribution in [-0.2, 0) is 13.0 Å². The molecule has 0 unspecified atom stereocenters. The number of aryl methyl sites for hydroxylation is 1. The average Bonchev–Trinajstić information content (AvgIpc) is 2.78. The summed E-state index contributed by atoms with van der Waals surface area (Å²) in [5, 5.41) is 21.5. The lowest BCUT2D eigenvalue weighted by Gasteiger charge is -2.12. The van der Waals surface area contributed by atoms with Gasteiger partial charge in [0.05, 0.1) is 25.9 Å². The van der Waals surface area contributed by atoms with Gasteiger partial charge in [0, 0.05) is 12.8 Å². The fraction of sp³-hybridized carbons (Fsp3) is 0.182. The van der Waals surface area contributed by atoms with Crippen molar-refractivity contribution in [3.05, 3.63) is 80.0 Å². The van der Waals surface area contributed by atoms with E-state index >= 15 is 0 Å². The minimum Gasteiger partial charge on any atom is -0.545 e. The molecule has 10 nitrogen and oxygen atoms in total. The largest absolute Gasteiger partial charge is 0.545 e. The molecule has 0 aliphatic carbocycles. The minimum atomic E-state index is -1.37. The second kappa shape index (κ2) is 9.65. The number of aromatic carboxylic acids is 1. The van der Waals surface area contributed by atoms with E-state index in [1.54, 1.807) is 18.2 Å². The number of benzene rings is 2. The van der Waals surface area contributed by atoms with Crippen LogP contribution in [0.4, 0.5) is 5.69 Å². The molecule has 0 spiro atoms. The van der Waals surface area contributed by atoms with Gasteiger partial charge in [-0.2, -0.15) is 0 Å². The van der Waals surface area contributed by atoms with Crippen molar-refractivity contribution in [3.63, 3.8) is 0 Å². The molecule has 0 atom stereocenters. The Kier molecular flexibility index (Phi) is 6.74. The molecule has 3 aromatic rings. The number of carboxylic acid groups (broad SMARTS) is 1. The van der Waals surface area contributed by atoms with E-state index in [-0.39, 0.29) is 23.4 Å². The first-order chi connectivity index (χ1) is 15.3. The third kappa shape index (κ3) is 4.86. The highest BCUT2D eigenvalue weighted by Crippen LogP contribution is 2.28. The monoisotopic (exact) mass is 438 g/mol. The Morgan fingerprint density at radius 2 is 1.91 bits per heavy atom. The molecule has 0 fully saturated rings. The van der Waals surface area contributed by atoms with Crippen LogP contribution in [0.25, 0.3) is 0 Å². The summed E-state index contributed by atoms with van der Waals surface area (Å²) < 4.78 is 11.5. The van der Waals surface area contributed by atoms with Crippen molar-refractivity contribution in [2.45, 2.75) is 13.0 Å². The number of hydrogen-bond donors (Lipinski definition) is 2. The summed E-state index contributed by atoms with van der Waals surface area (Å²) in [5.74, 6) is -0.846. The third-order valence-electron chi connectivity index (χ3n) is 4.70. The van der Waals surface area contributed by atoms with Gasteiger partial charge in [-0.15, -0.1) is 0 Å². The zero-order valence-corrected chi connectivity index (χ0v) is 17.3. The Bertz CT molecular complexity index is 1290. The smallest absolute Gasteiger partial charge is 0.331 e. The molecule has 1 aromatic heterocycles. The van der Waals surface area contributed by atoms with Crippen LogP contribution in [0.5, 0.6) is 17.4 Å². The summed E-state index contributed by atoms with van der Waals surface area (Å²) in [4.78, 5) is 41.6. The maximum Gasteiger partial charge on any atom is 0.331 e. The van der Waals surface area contributed by atoms with Crippen LogP contribution in [0.1, 0.15) is 21.5 Å². The van der Waals surface area contributed by atoms with E-state index < -0.39 is 23.1 Å². The number of hydrogen-bond acceptors (Lipinski definition) is 8. The van der Waals surface area contributed by atoms with Crippen LogP contribution in [0.3, 0.4) is 0 Å². The van der Waals surface area contributed by atoms with Crippen molar-refractivity contribution in [1.82, 2.24) is 9.55 Å². The van der Waals surface area contributed by atoms with E-state index in [4.69, 9.17) is 9.47 Å². The second-order valence-electron chi connectivity index (χ2n) is 6.68. The molecule has 0 saturated carbocycles. The van der Waals surface area contributed by atoms with Gasteiger partial charge in [0.15, 0.2) is 11.5 Å². The number of aromatic hydroxyl groups is 1. The van der Waals surface area contributed by atoms with Crippen LogP contribution < -0.4 is 25.8 Å². The summed E-state index contributed by atoms with van der Waals surface area (Å²) in [6.45, 7) is 0.0674. The Balaban J connectivity index is 1.88. The van der Waals surface area contributed by atoms with Crippen molar-refractivity contribution in [2.75, 3.05) is 14.2 Å². The van der Waals surface area contributed by atoms with Gasteiger partial charge in [0.25, 0.3) is 5.56 Å². The summed E-state index contributed by atoms with van der Waals surface area (Å²) in [6, 6.07) is 10.8. The standard InChI is InChI=1S/C22H21N3O7/c1-31-17-7-6-13(10-18(17)32-2)8-9-25-20(27)16(19(26)24-22(25)30)12-23-15-5-3-4-14(11-15)21(28)29/h3-7,10-12,27H,8-9H2,1-2H3,(H,28,29)(H,24,26,30)/p-1. The number of H-pyrrole nitrogens is 1. The summed E-state index contributed by atoms with van der Waals surface area (Å²) >= 11 is 0. The predicted molar refractivity (Wildman–Crippen MR) is 114 cm³/mol. The maximum absolute atomic E-state index is 12.2. The van der Waals surface area contributed by atoms with Gasteiger partial charge in [-0.05, 0) is 41.8 Å². The quantitative estimate of drug-likeness (QED) is 0.490. The number of aliphatic imine (C=N–C) groups is 1. The van der Waals surface area contributed by atoms with Crippen molar-refractivity contribution < 1.29 is 24.5 Å². The van der Waals surface area contributed by atoms with Crippen LogP contribution in [0, 0.1) is 0 Å². The first kappa shape index (κ1) is 22.3. The lowest BCUT2D eigenvalue weighted by molar-refractivity contribution is -0.255. The molecule has 0 amide bonds. The lowest BCUT2D eigenvalue weighted by atomic mass is 10.1. The molecule has 3 rings (SSSR count). The summed E-state index contributed by atoms with van der Waals surface area (Å²) in [5.41, 5.74) is -0.879. The van der Waals surface area contributed by atoms with E-state index in [2.05, 4.69) is 9.98 Å². The number of methoxy groups -OCH3 is 2. The Morgan fingerprint density at radius 1 is 1.16 bits per heavy atom. The van der Waals surface area contributed by atoms with Gasteiger partial charge < -0.3 is 24.5 Å². The molecule has 0 radical (unpaired) electrons. The van der Waals surface area contributed by atoms with Crippen LogP contribution in [0.2, 0.25) is 0 Å². The Labute approximate surface area is 182 Å². The van der Waals surface area contributed by atoms with E-state index in [1.165, 1.54) is 38.5 Å². The molecule has 2 aromatic carbocycles. The highest BCUT2D eigenvalue weighted by atomic mass is 16.5. The molecular weight excluding hydrogens is 418 g/mol. The van der Waals surface area contributed by atoms with E-state index in [0.717, 1.165) is 16.3 Å². The van der Waals surface area contributed by atoms with Crippen LogP contribution in [-0.4, -0.2) is 41.1 Å². The summed E-state index contributed by atoms with van der Waals surface area (Å²) in [7, 11) is 3.03. The van der Waals surface area contributed by atoms with Crippen molar-refractivity contribution in [3.8, 4) is 17.4 Å². The lowest BCUT2D eigenvalue weighted by Crippen LogP contribution is -2.32. The summed E-state index contributed by atoms with van der Waals surface area (Å²) in [6.07, 6.45) is 1.42. The van der Waals surface area contributed by atoms with Crippen molar-refractivity contribution in [2.24, 2.45) is 4.99 Å². The first-order valence-corrected chi connectivity index (χ1v) is 9.46. The average molecular weight is 438 g/mol. The first-order valence-electron chi connectivity index (χ1n) is 9.46. The van der Waals surface area contributed by atoms with Crippen molar-refractivity contribution >= 4 is 17.9 Å². The number of carbonyl (C=O) groups is 1. The number of nitrogens with zero attached hydrogens (tertiary/aromatic N) is 2. The third-order valence-corrected chi connectivity index (χ3v) is 4.70. The van der Waals surface area contributed by atoms with Gasteiger partial charge in [-0.3, -0.25) is 19.3 Å². The normalized spacial score (nSPS) is 10.9. The molecule has 2 N–H and O–H groups in total. The van der Waals surface area contributed by atoms with E-state index in [9.17, 15) is 24.6 Å². The molecule has 0 bridgehead atoms. The number of aromatic nitrogens is 2. The second-order valence-corrected chi connectivity index (χ2v) is 6.68. The van der Waals surface area contributed by atoms with Crippen LogP contribution >= 0.6 is 0 Å². The number of aromatic amines is 1. The fourth-order valence-corrected chi connectivity index (χ4v) is 3.03. The number of nitrogens with one attached hydrogen (secondary N) is 1. The van der Waals surface area contributed by atoms with Gasteiger partial charge >= 0.3 is 5.69 Å². The highest BCUT2D eigenvalue weighted by Gasteiger charge is 2.13. The molecule has 32 heavy (non-hydrogen) atoms. The topological polar surface area (TPSA) is 146 Å². The number of ether oxygens (including phenoxy) is 2. The van der Waals surface area contributed by atoms with Gasteiger partial charge in [-0.25, -0.2) is 4.79 Å². The zero-order chi connectivity index (χ0) is 23.3. The number of carbonyl (C=O) groups excluding carboxylic acids is 1. The molecule has 0 aliphatic rings. The molecule has 10 heteroatoms. The number of carboxylic acids is 1.